The van der Waals surface area contributed by atoms with Crippen molar-refractivity contribution in [2.24, 2.45) is 0 Å². The van der Waals surface area contributed by atoms with Crippen molar-refractivity contribution in [1.82, 2.24) is 20.0 Å². The molecule has 0 amide bonds. The molecule has 0 spiro atoms. The van der Waals surface area contributed by atoms with Crippen LogP contribution in [-0.2, 0) is 13.1 Å². The first-order valence-corrected chi connectivity index (χ1v) is 6.09. The van der Waals surface area contributed by atoms with Crippen molar-refractivity contribution in [2.75, 3.05) is 0 Å². The summed E-state index contributed by atoms with van der Waals surface area (Å²) in [6, 6.07) is 10.2. The van der Waals surface area contributed by atoms with Crippen LogP contribution in [0.25, 0.3) is 5.69 Å². The second-order valence-corrected chi connectivity index (χ2v) is 4.23. The summed E-state index contributed by atoms with van der Waals surface area (Å²) in [4.78, 5) is 4.03. The van der Waals surface area contributed by atoms with Crippen molar-refractivity contribution in [2.45, 2.75) is 13.1 Å². The first-order valence-electron chi connectivity index (χ1n) is 6.09. The van der Waals surface area contributed by atoms with E-state index < -0.39 is 0 Å². The monoisotopic (exact) mass is 254 g/mol. The summed E-state index contributed by atoms with van der Waals surface area (Å²) < 4.78 is 6.75. The lowest BCUT2D eigenvalue weighted by atomic mass is 10.2. The molecule has 96 valence electrons. The number of nitrogens with one attached hydrogen (secondary N) is 1. The predicted molar refractivity (Wildman–Crippen MR) is 70.6 cm³/mol. The lowest BCUT2D eigenvalue weighted by Gasteiger charge is -2.05. The first-order chi connectivity index (χ1) is 9.42. The van der Waals surface area contributed by atoms with E-state index >= 15 is 0 Å². The van der Waals surface area contributed by atoms with Crippen LogP contribution in [0.3, 0.4) is 0 Å². The Hall–Kier alpha value is -2.40. The summed E-state index contributed by atoms with van der Waals surface area (Å²) >= 11 is 0. The molecule has 0 saturated carbocycles. The molecular formula is C14H14N4O. The molecule has 2 heterocycles. The van der Waals surface area contributed by atoms with Crippen LogP contribution in [0, 0.1) is 0 Å². The number of rotatable bonds is 5. The molecule has 1 aromatic carbocycles. The molecule has 0 fully saturated rings. The number of aromatic nitrogens is 3. The Bertz CT molecular complexity index is 599. The highest BCUT2D eigenvalue weighted by molar-refractivity contribution is 5.34. The molecule has 0 radical (unpaired) electrons. The molecule has 19 heavy (non-hydrogen) atoms. The normalized spacial score (nSPS) is 10.7. The molecule has 0 saturated heterocycles. The second-order valence-electron chi connectivity index (χ2n) is 4.23. The summed E-state index contributed by atoms with van der Waals surface area (Å²) in [7, 11) is 0. The fourth-order valence-corrected chi connectivity index (χ4v) is 1.86. The average Bonchev–Trinajstić information content (AvgIpc) is 3.13. The van der Waals surface area contributed by atoms with E-state index in [1.807, 2.05) is 16.8 Å². The largest absolute Gasteiger partial charge is 0.364 e. The van der Waals surface area contributed by atoms with Gasteiger partial charge in [0.25, 0.3) is 0 Å². The van der Waals surface area contributed by atoms with Crippen LogP contribution in [-0.4, -0.2) is 14.7 Å². The molecule has 2 aromatic heterocycles. The van der Waals surface area contributed by atoms with Gasteiger partial charge in [-0.15, -0.1) is 0 Å². The van der Waals surface area contributed by atoms with Crippen molar-refractivity contribution >= 4 is 0 Å². The van der Waals surface area contributed by atoms with Crippen molar-refractivity contribution in [3.63, 3.8) is 0 Å². The van der Waals surface area contributed by atoms with Gasteiger partial charge >= 0.3 is 0 Å². The average molecular weight is 254 g/mol. The third-order valence-corrected chi connectivity index (χ3v) is 2.87. The number of imidazole rings is 1. The van der Waals surface area contributed by atoms with Gasteiger partial charge in [0.1, 0.15) is 6.26 Å². The molecule has 0 atom stereocenters. The molecule has 0 aliphatic rings. The van der Waals surface area contributed by atoms with Crippen molar-refractivity contribution in [3.05, 3.63) is 66.6 Å². The molecule has 0 unspecified atom stereocenters. The van der Waals surface area contributed by atoms with Gasteiger partial charge in [0.15, 0.2) is 0 Å². The molecule has 1 N–H and O–H groups in total. The number of benzene rings is 1. The van der Waals surface area contributed by atoms with E-state index in [-0.39, 0.29) is 0 Å². The quantitative estimate of drug-likeness (QED) is 0.758. The summed E-state index contributed by atoms with van der Waals surface area (Å²) in [5.41, 5.74) is 3.25. The van der Waals surface area contributed by atoms with Crippen LogP contribution < -0.4 is 5.32 Å². The first kappa shape index (κ1) is 11.7. The Morgan fingerprint density at radius 1 is 1.11 bits per heavy atom. The summed E-state index contributed by atoms with van der Waals surface area (Å²) in [5, 5.41) is 7.16. The summed E-state index contributed by atoms with van der Waals surface area (Å²) in [6.45, 7) is 1.51. The summed E-state index contributed by atoms with van der Waals surface area (Å²) in [5.74, 6) is 0. The molecule has 5 nitrogen and oxygen atoms in total. The predicted octanol–water partition coefficient (Wildman–Crippen LogP) is 2.15. The molecular weight excluding hydrogens is 240 g/mol. The fraction of sp³-hybridized carbons (Fsp3) is 0.143. The highest BCUT2D eigenvalue weighted by Gasteiger charge is 1.98. The van der Waals surface area contributed by atoms with Gasteiger partial charge in [-0.25, -0.2) is 4.98 Å². The van der Waals surface area contributed by atoms with E-state index in [1.165, 1.54) is 5.56 Å². The summed E-state index contributed by atoms with van der Waals surface area (Å²) in [6.07, 6.45) is 7.07. The maximum atomic E-state index is 4.78. The maximum Gasteiger partial charge on any atom is 0.124 e. The van der Waals surface area contributed by atoms with Crippen molar-refractivity contribution < 1.29 is 4.52 Å². The Balaban J connectivity index is 1.57. The van der Waals surface area contributed by atoms with E-state index in [4.69, 9.17) is 4.52 Å². The molecule has 5 heteroatoms. The smallest absolute Gasteiger partial charge is 0.124 e. The molecule has 0 aliphatic heterocycles. The van der Waals surface area contributed by atoms with Crippen LogP contribution in [0.2, 0.25) is 0 Å². The standard InChI is InChI=1S/C14H14N4O/c1-3-14(18-7-6-15-11-18)4-2-12(1)9-16-10-13-5-8-19-17-13/h1-8,11,16H,9-10H2. The molecule has 3 aromatic rings. The van der Waals surface area contributed by atoms with E-state index in [2.05, 4.69) is 39.7 Å². The minimum atomic E-state index is 0.708. The van der Waals surface area contributed by atoms with Gasteiger partial charge < -0.3 is 14.4 Å². The lowest BCUT2D eigenvalue weighted by molar-refractivity contribution is 0.408. The minimum Gasteiger partial charge on any atom is -0.364 e. The van der Waals surface area contributed by atoms with Gasteiger partial charge in [0.05, 0.1) is 12.0 Å². The van der Waals surface area contributed by atoms with Gasteiger partial charge in [0.2, 0.25) is 0 Å². The topological polar surface area (TPSA) is 55.9 Å². The zero-order valence-electron chi connectivity index (χ0n) is 10.4. The van der Waals surface area contributed by atoms with E-state index in [9.17, 15) is 0 Å². The van der Waals surface area contributed by atoms with E-state index in [0.717, 1.165) is 17.9 Å². The van der Waals surface area contributed by atoms with Crippen molar-refractivity contribution in [1.29, 1.82) is 0 Å². The van der Waals surface area contributed by atoms with Crippen LogP contribution >= 0.6 is 0 Å². The van der Waals surface area contributed by atoms with Gasteiger partial charge in [-0.05, 0) is 17.7 Å². The van der Waals surface area contributed by atoms with Crippen LogP contribution in [0.15, 0.2) is 59.8 Å². The highest BCUT2D eigenvalue weighted by atomic mass is 16.5. The highest BCUT2D eigenvalue weighted by Crippen LogP contribution is 2.09. The van der Waals surface area contributed by atoms with Gasteiger partial charge in [-0.2, -0.15) is 0 Å². The molecule has 3 rings (SSSR count). The maximum absolute atomic E-state index is 4.78. The minimum absolute atomic E-state index is 0.708. The fourth-order valence-electron chi connectivity index (χ4n) is 1.86. The van der Waals surface area contributed by atoms with Crippen LogP contribution in [0.5, 0.6) is 0 Å². The van der Waals surface area contributed by atoms with Gasteiger partial charge in [-0.1, -0.05) is 17.3 Å². The Morgan fingerprint density at radius 3 is 2.68 bits per heavy atom. The van der Waals surface area contributed by atoms with Gasteiger partial charge in [0, 0.05) is 37.2 Å². The number of hydrogen-bond acceptors (Lipinski definition) is 4. The third-order valence-electron chi connectivity index (χ3n) is 2.87. The Morgan fingerprint density at radius 2 is 2.00 bits per heavy atom. The van der Waals surface area contributed by atoms with Crippen LogP contribution in [0.4, 0.5) is 0 Å². The zero-order chi connectivity index (χ0) is 12.9. The van der Waals surface area contributed by atoms with Crippen molar-refractivity contribution in [3.8, 4) is 5.69 Å². The van der Waals surface area contributed by atoms with Gasteiger partial charge in [-0.3, -0.25) is 0 Å². The van der Waals surface area contributed by atoms with E-state index in [1.54, 1.807) is 18.8 Å². The number of nitrogens with zero attached hydrogens (tertiary/aromatic N) is 3. The molecule has 0 bridgehead atoms. The van der Waals surface area contributed by atoms with Crippen LogP contribution in [0.1, 0.15) is 11.3 Å². The van der Waals surface area contributed by atoms with E-state index in [0.29, 0.717) is 6.54 Å². The third kappa shape index (κ3) is 2.89. The zero-order valence-corrected chi connectivity index (χ0v) is 10.4. The Kier molecular flexibility index (Phi) is 3.38. The molecule has 0 aliphatic carbocycles. The Labute approximate surface area is 110 Å². The lowest BCUT2D eigenvalue weighted by Crippen LogP contribution is -2.12. The number of hydrogen-bond donors (Lipinski definition) is 1. The SMILES string of the molecule is c1cn(-c2ccc(CNCc3ccon3)cc2)cn1. The second kappa shape index (κ2) is 5.49.